The van der Waals surface area contributed by atoms with Crippen molar-refractivity contribution in [2.75, 3.05) is 13.1 Å². The first-order valence-electron chi connectivity index (χ1n) is 6.44. The van der Waals surface area contributed by atoms with Crippen LogP contribution in [0.4, 0.5) is 13.2 Å². The maximum absolute atomic E-state index is 12.9. The molecule has 2 rings (SSSR count). The van der Waals surface area contributed by atoms with Crippen LogP contribution in [-0.2, 0) is 12.6 Å². The van der Waals surface area contributed by atoms with E-state index in [-0.39, 0.29) is 4.47 Å². The highest BCUT2D eigenvalue weighted by molar-refractivity contribution is 9.10. The summed E-state index contributed by atoms with van der Waals surface area (Å²) in [5, 5.41) is 3.13. The third-order valence-electron chi connectivity index (χ3n) is 2.88. The van der Waals surface area contributed by atoms with Crippen LogP contribution in [0.3, 0.4) is 0 Å². The van der Waals surface area contributed by atoms with Gasteiger partial charge in [-0.25, -0.2) is 4.98 Å². The Kier molecular flexibility index (Phi) is 5.05. The maximum atomic E-state index is 12.9. The van der Waals surface area contributed by atoms with Gasteiger partial charge in [-0.05, 0) is 18.7 Å². The van der Waals surface area contributed by atoms with E-state index in [4.69, 9.17) is 4.42 Å². The van der Waals surface area contributed by atoms with E-state index in [0.717, 1.165) is 12.6 Å². The molecule has 1 N–H and O–H groups in total. The summed E-state index contributed by atoms with van der Waals surface area (Å²) in [7, 11) is 0. The normalized spacial score (nSPS) is 11.9. The molecule has 0 saturated carbocycles. The molecule has 0 fully saturated rings. The zero-order chi connectivity index (χ0) is 15.5. The Labute approximate surface area is 128 Å². The highest BCUT2D eigenvalue weighted by Crippen LogP contribution is 2.37. The Morgan fingerprint density at radius 1 is 1.33 bits per heavy atom. The summed E-state index contributed by atoms with van der Waals surface area (Å²) in [5.74, 6) is 0.835. The molecule has 114 valence electrons. The molecule has 0 aliphatic carbocycles. The molecule has 0 bridgehead atoms. The lowest BCUT2D eigenvalue weighted by Crippen LogP contribution is -2.16. The summed E-state index contributed by atoms with van der Waals surface area (Å²) in [4.78, 5) is 4.08. The van der Waals surface area contributed by atoms with E-state index < -0.39 is 11.7 Å². The second-order valence-corrected chi connectivity index (χ2v) is 5.27. The van der Waals surface area contributed by atoms with Crippen LogP contribution in [-0.4, -0.2) is 18.1 Å². The highest BCUT2D eigenvalue weighted by Gasteiger charge is 2.33. The van der Waals surface area contributed by atoms with Crippen LogP contribution in [0.5, 0.6) is 0 Å². The van der Waals surface area contributed by atoms with E-state index >= 15 is 0 Å². The number of oxazole rings is 1. The summed E-state index contributed by atoms with van der Waals surface area (Å²) < 4.78 is 44.1. The molecular formula is C14H14BrF3N2O. The van der Waals surface area contributed by atoms with Crippen molar-refractivity contribution >= 4 is 15.9 Å². The predicted molar refractivity (Wildman–Crippen MR) is 76.9 cm³/mol. The standard InChI is InChI=1S/C14H14BrF3N2O/c1-2-19-6-5-13-20-8-12(21-13)9-3-4-11(15)10(7-9)14(16,17)18/h3-4,7-8,19H,2,5-6H2,1H3. The lowest BCUT2D eigenvalue weighted by Gasteiger charge is -2.10. The molecule has 0 atom stereocenters. The minimum absolute atomic E-state index is 0.00522. The van der Waals surface area contributed by atoms with Gasteiger partial charge in [-0.2, -0.15) is 13.2 Å². The zero-order valence-electron chi connectivity index (χ0n) is 11.3. The van der Waals surface area contributed by atoms with E-state index in [1.54, 1.807) is 6.07 Å². The summed E-state index contributed by atoms with van der Waals surface area (Å²) in [6, 6.07) is 3.98. The summed E-state index contributed by atoms with van der Waals surface area (Å²) in [6.07, 6.45) is -2.37. The molecule has 0 aliphatic rings. The zero-order valence-corrected chi connectivity index (χ0v) is 12.9. The van der Waals surface area contributed by atoms with Gasteiger partial charge in [0, 0.05) is 23.0 Å². The topological polar surface area (TPSA) is 38.1 Å². The van der Waals surface area contributed by atoms with Crippen molar-refractivity contribution in [3.63, 3.8) is 0 Å². The first-order chi connectivity index (χ1) is 9.91. The van der Waals surface area contributed by atoms with Crippen molar-refractivity contribution in [2.45, 2.75) is 19.5 Å². The van der Waals surface area contributed by atoms with Gasteiger partial charge in [-0.15, -0.1) is 0 Å². The van der Waals surface area contributed by atoms with Crippen molar-refractivity contribution in [2.24, 2.45) is 0 Å². The minimum atomic E-state index is -4.41. The van der Waals surface area contributed by atoms with Crippen molar-refractivity contribution in [3.05, 3.63) is 40.3 Å². The van der Waals surface area contributed by atoms with Crippen LogP contribution in [0.15, 0.2) is 33.3 Å². The molecule has 1 aromatic carbocycles. The lowest BCUT2D eigenvalue weighted by molar-refractivity contribution is -0.138. The molecule has 0 unspecified atom stereocenters. The Morgan fingerprint density at radius 2 is 2.10 bits per heavy atom. The van der Waals surface area contributed by atoms with Gasteiger partial charge < -0.3 is 9.73 Å². The maximum Gasteiger partial charge on any atom is 0.417 e. The SMILES string of the molecule is CCNCCc1ncc(-c2ccc(Br)c(C(F)(F)F)c2)o1. The number of nitrogens with zero attached hydrogens (tertiary/aromatic N) is 1. The summed E-state index contributed by atoms with van der Waals surface area (Å²) in [6.45, 7) is 3.54. The minimum Gasteiger partial charge on any atom is -0.441 e. The van der Waals surface area contributed by atoms with Gasteiger partial charge in [0.25, 0.3) is 0 Å². The van der Waals surface area contributed by atoms with E-state index in [0.29, 0.717) is 30.2 Å². The molecule has 1 heterocycles. The van der Waals surface area contributed by atoms with Crippen LogP contribution < -0.4 is 5.32 Å². The van der Waals surface area contributed by atoms with Gasteiger partial charge in [0.2, 0.25) is 0 Å². The monoisotopic (exact) mass is 362 g/mol. The molecule has 2 aromatic rings. The largest absolute Gasteiger partial charge is 0.441 e. The van der Waals surface area contributed by atoms with Gasteiger partial charge in [-0.3, -0.25) is 0 Å². The first kappa shape index (κ1) is 16.0. The molecule has 3 nitrogen and oxygen atoms in total. The third kappa shape index (κ3) is 4.07. The van der Waals surface area contributed by atoms with Crippen LogP contribution in [0.1, 0.15) is 18.4 Å². The molecule has 1 aromatic heterocycles. The number of hydrogen-bond acceptors (Lipinski definition) is 3. The average Bonchev–Trinajstić information content (AvgIpc) is 2.87. The van der Waals surface area contributed by atoms with E-state index in [1.165, 1.54) is 12.3 Å². The fraction of sp³-hybridized carbons (Fsp3) is 0.357. The quantitative estimate of drug-likeness (QED) is 0.807. The third-order valence-corrected chi connectivity index (χ3v) is 3.57. The molecule has 0 radical (unpaired) electrons. The van der Waals surface area contributed by atoms with E-state index in [9.17, 15) is 13.2 Å². The van der Waals surface area contributed by atoms with Gasteiger partial charge in [0.15, 0.2) is 11.7 Å². The van der Waals surface area contributed by atoms with Crippen molar-refractivity contribution in [1.82, 2.24) is 10.3 Å². The Morgan fingerprint density at radius 3 is 2.76 bits per heavy atom. The van der Waals surface area contributed by atoms with Gasteiger partial charge in [-0.1, -0.05) is 28.9 Å². The van der Waals surface area contributed by atoms with Gasteiger partial charge in [0.05, 0.1) is 11.8 Å². The second-order valence-electron chi connectivity index (χ2n) is 4.41. The lowest BCUT2D eigenvalue weighted by atomic mass is 10.1. The fourth-order valence-corrected chi connectivity index (χ4v) is 2.30. The molecule has 0 aliphatic heterocycles. The van der Waals surface area contributed by atoms with E-state index in [2.05, 4.69) is 26.2 Å². The fourth-order valence-electron chi connectivity index (χ4n) is 1.83. The Hall–Kier alpha value is -1.34. The van der Waals surface area contributed by atoms with Crippen molar-refractivity contribution in [1.29, 1.82) is 0 Å². The molecule has 0 spiro atoms. The number of rotatable bonds is 5. The number of halogens is 4. The Balaban J connectivity index is 2.22. The molecule has 21 heavy (non-hydrogen) atoms. The molecule has 0 saturated heterocycles. The van der Waals surface area contributed by atoms with E-state index in [1.807, 2.05) is 6.92 Å². The summed E-state index contributed by atoms with van der Waals surface area (Å²) in [5.41, 5.74) is -0.377. The first-order valence-corrected chi connectivity index (χ1v) is 7.23. The molecule has 0 amide bonds. The second kappa shape index (κ2) is 6.62. The van der Waals surface area contributed by atoms with Crippen LogP contribution in [0.25, 0.3) is 11.3 Å². The van der Waals surface area contributed by atoms with Crippen LogP contribution in [0.2, 0.25) is 0 Å². The van der Waals surface area contributed by atoms with Crippen LogP contribution >= 0.6 is 15.9 Å². The Bertz CT molecular complexity index is 611. The smallest absolute Gasteiger partial charge is 0.417 e. The van der Waals surface area contributed by atoms with Crippen LogP contribution in [0, 0.1) is 0 Å². The number of nitrogens with one attached hydrogen (secondary N) is 1. The number of benzene rings is 1. The number of alkyl halides is 3. The number of likely N-dealkylation sites (N-methyl/N-ethyl adjacent to an activating group) is 1. The molecule has 7 heteroatoms. The number of hydrogen-bond donors (Lipinski definition) is 1. The predicted octanol–water partition coefficient (Wildman–Crippen LogP) is 4.27. The summed E-state index contributed by atoms with van der Waals surface area (Å²) >= 11 is 2.91. The van der Waals surface area contributed by atoms with Crippen molar-refractivity contribution in [3.8, 4) is 11.3 Å². The average molecular weight is 363 g/mol. The molecular weight excluding hydrogens is 349 g/mol. The van der Waals surface area contributed by atoms with Gasteiger partial charge >= 0.3 is 6.18 Å². The van der Waals surface area contributed by atoms with Crippen molar-refractivity contribution < 1.29 is 17.6 Å². The van der Waals surface area contributed by atoms with Gasteiger partial charge in [0.1, 0.15) is 0 Å². The highest BCUT2D eigenvalue weighted by atomic mass is 79.9. The number of aromatic nitrogens is 1.